The molecule has 432 valence electrons. The highest BCUT2D eigenvalue weighted by Crippen LogP contribution is 2.32. The third-order valence-electron chi connectivity index (χ3n) is 13.6. The highest BCUT2D eigenvalue weighted by molar-refractivity contribution is 5.92. The maximum absolute atomic E-state index is 14.1. The molecule has 9 rings (SSSR count). The summed E-state index contributed by atoms with van der Waals surface area (Å²) in [6.07, 6.45) is -11.3. The number of halogens is 7. The van der Waals surface area contributed by atoms with Gasteiger partial charge in [-0.25, -0.2) is 27.2 Å². The molecule has 4 aliphatic rings. The number of amides is 3. The van der Waals surface area contributed by atoms with Crippen molar-refractivity contribution in [2.75, 3.05) is 103 Å². The van der Waals surface area contributed by atoms with Gasteiger partial charge in [0.05, 0.1) is 37.4 Å². The van der Waals surface area contributed by atoms with Crippen molar-refractivity contribution in [1.29, 1.82) is 0 Å². The largest absolute Gasteiger partial charge is 0.444 e. The molecule has 5 aromatic rings. The van der Waals surface area contributed by atoms with E-state index < -0.39 is 71.7 Å². The normalized spacial score (nSPS) is 20.3. The Morgan fingerprint density at radius 1 is 0.658 bits per heavy atom. The van der Waals surface area contributed by atoms with Crippen LogP contribution in [0.5, 0.6) is 0 Å². The van der Waals surface area contributed by atoms with Crippen LogP contribution in [0.3, 0.4) is 0 Å². The monoisotopic (exact) mass is 1120 g/mol. The van der Waals surface area contributed by atoms with Crippen molar-refractivity contribution >= 4 is 58.6 Å². The fourth-order valence-corrected chi connectivity index (χ4v) is 9.68. The Morgan fingerprint density at radius 2 is 1.13 bits per heavy atom. The molecule has 4 fully saturated rings. The first kappa shape index (κ1) is 57.8. The van der Waals surface area contributed by atoms with E-state index in [2.05, 4.69) is 30.5 Å². The van der Waals surface area contributed by atoms with E-state index in [0.29, 0.717) is 49.7 Å². The van der Waals surface area contributed by atoms with Gasteiger partial charge in [0, 0.05) is 63.7 Å². The van der Waals surface area contributed by atoms with Crippen LogP contribution in [0.2, 0.25) is 0 Å². The predicted octanol–water partition coefficient (Wildman–Crippen LogP) is 5.51. The van der Waals surface area contributed by atoms with E-state index in [-0.39, 0.29) is 111 Å². The van der Waals surface area contributed by atoms with Crippen molar-refractivity contribution in [2.24, 2.45) is 0 Å². The van der Waals surface area contributed by atoms with Crippen LogP contribution in [-0.2, 0) is 39.8 Å². The predicted molar refractivity (Wildman–Crippen MR) is 278 cm³/mol. The zero-order valence-corrected chi connectivity index (χ0v) is 45.5. The summed E-state index contributed by atoms with van der Waals surface area (Å²) in [7, 11) is 0. The average Bonchev–Trinajstić information content (AvgIpc) is 4.41. The summed E-state index contributed by atoms with van der Waals surface area (Å²) in [5.74, 6) is -0.403. The van der Waals surface area contributed by atoms with Crippen LogP contribution in [0.15, 0.2) is 27.8 Å². The summed E-state index contributed by atoms with van der Waals surface area (Å²) in [4.78, 5) is 87.1. The Labute approximate surface area is 449 Å². The van der Waals surface area contributed by atoms with Gasteiger partial charge < -0.3 is 53.7 Å². The number of aryl methyl sites for hydroxylation is 2. The maximum Gasteiger partial charge on any atom is 0.416 e. The SMILES string of the molecule is CCc1[nH]c2nc(N3C[C@@H](F)[C@@H](F)C3)nn2c(=O)c1N1CCN(C(=O)OC(C)(C)C)CC1.CCc1c(N2CCN(C(=O)OC(C)(C)C)CC2)c(=O)n2nc(N3C[C@@H](F)[C@@H](F)C3)nc2n1CC(=O)Nc1ccc(C(F)(F)F)cc1C. The Bertz CT molecular complexity index is 3170. The van der Waals surface area contributed by atoms with E-state index >= 15 is 0 Å². The van der Waals surface area contributed by atoms with Gasteiger partial charge in [0.2, 0.25) is 29.4 Å². The molecule has 4 aliphatic heterocycles. The minimum atomic E-state index is -4.55. The minimum Gasteiger partial charge on any atom is -0.444 e. The number of carbonyl (C=O) groups is 3. The highest BCUT2D eigenvalue weighted by Gasteiger charge is 2.38. The zero-order valence-electron chi connectivity index (χ0n) is 45.5. The molecule has 8 heterocycles. The molecule has 4 atom stereocenters. The van der Waals surface area contributed by atoms with Crippen molar-refractivity contribution in [3.63, 3.8) is 0 Å². The van der Waals surface area contributed by atoms with Gasteiger partial charge >= 0.3 is 18.4 Å². The lowest BCUT2D eigenvalue weighted by molar-refractivity contribution is -0.137. The van der Waals surface area contributed by atoms with Crippen LogP contribution in [0, 0.1) is 6.92 Å². The molecule has 0 radical (unpaired) electrons. The summed E-state index contributed by atoms with van der Waals surface area (Å²) in [6.45, 7) is 17.3. The zero-order chi connectivity index (χ0) is 57.6. The fourth-order valence-electron chi connectivity index (χ4n) is 9.68. The molecule has 4 saturated heterocycles. The number of rotatable bonds is 9. The van der Waals surface area contributed by atoms with E-state index in [9.17, 15) is 54.7 Å². The maximum atomic E-state index is 14.1. The van der Waals surface area contributed by atoms with Crippen molar-refractivity contribution in [3.8, 4) is 0 Å². The molecule has 0 unspecified atom stereocenters. The number of alkyl halides is 7. The molecule has 0 saturated carbocycles. The van der Waals surface area contributed by atoms with Gasteiger partial charge in [-0.2, -0.15) is 32.2 Å². The molecule has 0 bridgehead atoms. The van der Waals surface area contributed by atoms with Crippen LogP contribution in [0.4, 0.5) is 69.3 Å². The van der Waals surface area contributed by atoms with E-state index in [1.165, 1.54) is 26.2 Å². The number of fused-ring (bicyclic) bond motifs is 2. The van der Waals surface area contributed by atoms with Crippen molar-refractivity contribution in [1.82, 2.24) is 48.5 Å². The number of piperazine rings is 2. The molecule has 1 aromatic carbocycles. The lowest BCUT2D eigenvalue weighted by Crippen LogP contribution is -2.51. The number of nitrogens with one attached hydrogen (secondary N) is 2. The minimum absolute atomic E-state index is 0.0463. The van der Waals surface area contributed by atoms with Gasteiger partial charge in [-0.05, 0) is 85.1 Å². The van der Waals surface area contributed by atoms with Gasteiger partial charge in [0.1, 0.15) is 29.1 Å². The molecule has 2 N–H and O–H groups in total. The Morgan fingerprint density at radius 3 is 1.58 bits per heavy atom. The van der Waals surface area contributed by atoms with E-state index in [4.69, 9.17) is 9.47 Å². The number of anilines is 5. The van der Waals surface area contributed by atoms with Gasteiger partial charge in [-0.1, -0.05) is 13.8 Å². The number of ether oxygens (including phenoxy) is 2. The molecule has 22 nitrogen and oxygen atoms in total. The number of benzene rings is 1. The second kappa shape index (κ2) is 22.4. The van der Waals surface area contributed by atoms with Crippen molar-refractivity contribution in [3.05, 3.63) is 61.4 Å². The molecular weight excluding hydrogens is 1060 g/mol. The molecule has 29 heteroatoms. The number of carbonyl (C=O) groups excluding carboxylic acids is 3. The first-order valence-corrected chi connectivity index (χ1v) is 26.1. The number of hydrogen-bond acceptors (Lipinski definition) is 15. The van der Waals surface area contributed by atoms with E-state index in [0.717, 1.165) is 27.2 Å². The van der Waals surface area contributed by atoms with Gasteiger partial charge in [0.15, 0.2) is 24.7 Å². The van der Waals surface area contributed by atoms with Crippen LogP contribution in [-0.4, -0.2) is 181 Å². The number of nitrogens with zero attached hydrogens (tertiary/aromatic N) is 13. The number of H-pyrrole nitrogens is 1. The lowest BCUT2D eigenvalue weighted by atomic mass is 10.1. The van der Waals surface area contributed by atoms with Crippen LogP contribution in [0.1, 0.15) is 77.9 Å². The molecule has 3 amide bonds. The molecule has 4 aromatic heterocycles. The van der Waals surface area contributed by atoms with Gasteiger partial charge in [-0.3, -0.25) is 14.4 Å². The Balaban J connectivity index is 0.000000223. The van der Waals surface area contributed by atoms with E-state index in [1.807, 2.05) is 32.6 Å². The number of aromatic amines is 1. The fraction of sp³-hybridized carbons (Fsp3) is 0.620. The Hall–Kier alpha value is -7.36. The third kappa shape index (κ3) is 12.7. The second-order valence-corrected chi connectivity index (χ2v) is 21.8. The summed E-state index contributed by atoms with van der Waals surface area (Å²) >= 11 is 0. The highest BCUT2D eigenvalue weighted by atomic mass is 19.4. The number of aromatic nitrogens is 8. The second-order valence-electron chi connectivity index (χ2n) is 21.8. The van der Waals surface area contributed by atoms with Crippen LogP contribution in [0.25, 0.3) is 11.6 Å². The number of hydrogen-bond donors (Lipinski definition) is 2. The molecule has 0 aliphatic carbocycles. The van der Waals surface area contributed by atoms with Crippen molar-refractivity contribution < 1.29 is 54.6 Å². The summed E-state index contributed by atoms with van der Waals surface area (Å²) in [5.41, 5.74) is -0.888. The topological polar surface area (TPSA) is 216 Å². The summed E-state index contributed by atoms with van der Waals surface area (Å²) in [6, 6.07) is 2.96. The third-order valence-corrected chi connectivity index (χ3v) is 13.6. The first-order valence-electron chi connectivity index (χ1n) is 26.1. The molecule has 0 spiro atoms. The van der Waals surface area contributed by atoms with Gasteiger partial charge in [-0.15, -0.1) is 10.2 Å². The summed E-state index contributed by atoms with van der Waals surface area (Å²) < 4.78 is 109. The quantitative estimate of drug-likeness (QED) is 0.174. The van der Waals surface area contributed by atoms with E-state index in [1.54, 1.807) is 37.5 Å². The lowest BCUT2D eigenvalue weighted by Gasteiger charge is -2.37. The Kier molecular flexibility index (Phi) is 16.4. The van der Waals surface area contributed by atoms with Crippen molar-refractivity contribution in [2.45, 2.75) is 124 Å². The molecular formula is C50H66F7N15O7. The van der Waals surface area contributed by atoms with Gasteiger partial charge in [0.25, 0.3) is 11.1 Å². The standard InChI is InChI=1S/C30H37F5N8O4.C20H29F2N7O3/c1-6-22-24(39-9-11-40(12-10-39)28(46)47-29(3,4)5)25(45)43-27(37-26(38-43)41-14-19(31)20(32)15-41)42(22)16-23(44)36-21-8-7-18(13-17(21)2)30(33,34)35;1-5-14-15(26-6-8-27(9-7-26)19(31)32-20(2,3)4)16(30)29-17(23-14)24-18(25-29)28-10-12(21)13(22)11-28/h7-8,13,19-20H,6,9-12,14-16H2,1-5H3,(H,36,44);12-13H,5-11H2,1-4H3,(H,23,24,25)/t19-,20+;12-,13+. The van der Waals surface area contributed by atoms with Crippen LogP contribution >= 0.6 is 0 Å². The van der Waals surface area contributed by atoms with Crippen LogP contribution < -0.4 is 36.0 Å². The average molecular weight is 1120 g/mol. The molecule has 79 heavy (non-hydrogen) atoms. The summed E-state index contributed by atoms with van der Waals surface area (Å²) in [5, 5.41) is 11.1. The smallest absolute Gasteiger partial charge is 0.416 e. The first-order chi connectivity index (χ1) is 37.0.